The van der Waals surface area contributed by atoms with E-state index in [1.54, 1.807) is 6.92 Å². The molecule has 1 aromatic carbocycles. The van der Waals surface area contributed by atoms with Gasteiger partial charge in [-0.2, -0.15) is 21.6 Å². The number of hydrogen-bond acceptors (Lipinski definition) is 4. The lowest BCUT2D eigenvalue weighted by Crippen LogP contribution is -2.29. The van der Waals surface area contributed by atoms with Crippen LogP contribution >= 0.6 is 0 Å². The monoisotopic (exact) mass is 392 g/mol. The summed E-state index contributed by atoms with van der Waals surface area (Å²) >= 11 is 0. The second kappa shape index (κ2) is 8.39. The molecule has 1 N–H and O–H groups in total. The second-order valence-corrected chi connectivity index (χ2v) is 7.03. The lowest BCUT2D eigenvalue weighted by atomic mass is 9.92. The number of allylic oxidation sites excluding steroid dienone is 2. The van der Waals surface area contributed by atoms with Crippen LogP contribution in [0.3, 0.4) is 0 Å². The molecule has 1 aromatic rings. The fraction of sp³-hybridized carbons (Fsp3) is 0.353. The zero-order valence-corrected chi connectivity index (χ0v) is 14.9. The Balaban J connectivity index is 3.60. The molecule has 0 fully saturated rings. The van der Waals surface area contributed by atoms with Crippen molar-refractivity contribution in [2.45, 2.75) is 38.1 Å². The third kappa shape index (κ3) is 5.10. The van der Waals surface area contributed by atoms with E-state index in [0.29, 0.717) is 11.1 Å². The quantitative estimate of drug-likeness (QED) is 0.394. The number of carboxylic acid groups (broad SMARTS) is 1. The molecule has 0 atom stereocenters. The Kier molecular flexibility index (Phi) is 7.02. The first-order chi connectivity index (χ1) is 11.9. The van der Waals surface area contributed by atoms with Crippen LogP contribution in [0.4, 0.5) is 13.2 Å². The van der Waals surface area contributed by atoms with Crippen molar-refractivity contribution in [1.29, 1.82) is 0 Å². The molecule has 0 bridgehead atoms. The molecule has 0 spiro atoms. The minimum absolute atomic E-state index is 0.0488. The molecule has 0 radical (unpaired) electrons. The van der Waals surface area contributed by atoms with Gasteiger partial charge in [-0.25, -0.2) is 0 Å². The fourth-order valence-electron chi connectivity index (χ4n) is 2.40. The lowest BCUT2D eigenvalue weighted by molar-refractivity contribution is -0.136. The standard InChI is InChI=1S/C17H19F3O5S/c1-4-6-13-10-12(8-9-15(21)22)11(3)14(7-5-2)16(13)25-26(23,24)17(18,19)20/h4-5,10H,1-2,6-9H2,3H3,(H,21,22). The summed E-state index contributed by atoms with van der Waals surface area (Å²) in [5.41, 5.74) is -4.13. The van der Waals surface area contributed by atoms with Crippen molar-refractivity contribution in [3.8, 4) is 5.75 Å². The third-order valence-corrected chi connectivity index (χ3v) is 4.60. The zero-order chi connectivity index (χ0) is 20.1. The van der Waals surface area contributed by atoms with Crippen LogP contribution < -0.4 is 4.18 Å². The van der Waals surface area contributed by atoms with Gasteiger partial charge in [-0.3, -0.25) is 4.79 Å². The minimum Gasteiger partial charge on any atom is -0.481 e. The Morgan fingerprint density at radius 1 is 1.23 bits per heavy atom. The van der Waals surface area contributed by atoms with Crippen LogP contribution in [-0.2, 0) is 34.2 Å². The van der Waals surface area contributed by atoms with Crippen LogP contribution in [0.25, 0.3) is 0 Å². The van der Waals surface area contributed by atoms with E-state index in [2.05, 4.69) is 17.3 Å². The lowest BCUT2D eigenvalue weighted by Gasteiger charge is -2.20. The highest BCUT2D eigenvalue weighted by Crippen LogP contribution is 2.36. The number of alkyl halides is 3. The van der Waals surface area contributed by atoms with Gasteiger partial charge >= 0.3 is 21.6 Å². The van der Waals surface area contributed by atoms with Gasteiger partial charge < -0.3 is 9.29 Å². The Morgan fingerprint density at radius 2 is 1.81 bits per heavy atom. The predicted octanol–water partition coefficient (Wildman–Crippen LogP) is 3.70. The molecule has 0 aliphatic carbocycles. The van der Waals surface area contributed by atoms with Gasteiger partial charge in [0.15, 0.2) is 0 Å². The van der Waals surface area contributed by atoms with Crippen molar-refractivity contribution in [1.82, 2.24) is 0 Å². The molecule has 0 aromatic heterocycles. The van der Waals surface area contributed by atoms with Crippen LogP contribution in [-0.4, -0.2) is 25.0 Å². The van der Waals surface area contributed by atoms with Crippen molar-refractivity contribution in [3.05, 3.63) is 53.6 Å². The van der Waals surface area contributed by atoms with Crippen molar-refractivity contribution in [2.75, 3.05) is 0 Å². The molecule has 1 rings (SSSR count). The topological polar surface area (TPSA) is 80.7 Å². The van der Waals surface area contributed by atoms with Gasteiger partial charge in [-0.15, -0.1) is 13.2 Å². The van der Waals surface area contributed by atoms with Gasteiger partial charge in [0.05, 0.1) is 0 Å². The van der Waals surface area contributed by atoms with E-state index in [-0.39, 0.29) is 36.8 Å². The first-order valence-corrected chi connectivity index (χ1v) is 8.94. The minimum atomic E-state index is -5.85. The maximum Gasteiger partial charge on any atom is 0.534 e. The first-order valence-electron chi connectivity index (χ1n) is 7.53. The molecule has 0 amide bonds. The zero-order valence-electron chi connectivity index (χ0n) is 14.1. The van der Waals surface area contributed by atoms with Crippen molar-refractivity contribution in [2.24, 2.45) is 0 Å². The van der Waals surface area contributed by atoms with E-state index >= 15 is 0 Å². The summed E-state index contributed by atoms with van der Waals surface area (Å²) in [6, 6.07) is 1.45. The summed E-state index contributed by atoms with van der Waals surface area (Å²) in [6.07, 6.45) is 2.85. The average molecular weight is 392 g/mol. The number of aliphatic carboxylic acids is 1. The number of carboxylic acids is 1. The van der Waals surface area contributed by atoms with E-state index in [1.807, 2.05) is 0 Å². The van der Waals surface area contributed by atoms with Crippen LogP contribution in [0.2, 0.25) is 0 Å². The molecule has 0 unspecified atom stereocenters. The number of aryl methyl sites for hydroxylation is 1. The van der Waals surface area contributed by atoms with Gasteiger partial charge in [0.25, 0.3) is 0 Å². The molecule has 0 aliphatic heterocycles. The summed E-state index contributed by atoms with van der Waals surface area (Å²) < 4.78 is 65.5. The van der Waals surface area contributed by atoms with E-state index in [0.717, 1.165) is 0 Å². The van der Waals surface area contributed by atoms with Gasteiger partial charge in [-0.1, -0.05) is 18.2 Å². The molecule has 9 heteroatoms. The van der Waals surface area contributed by atoms with Crippen LogP contribution in [0.15, 0.2) is 31.4 Å². The fourth-order valence-corrected chi connectivity index (χ4v) is 2.92. The third-order valence-electron chi connectivity index (χ3n) is 3.65. The van der Waals surface area contributed by atoms with Crippen LogP contribution in [0, 0.1) is 6.92 Å². The molecule has 144 valence electrons. The maximum absolute atomic E-state index is 12.7. The van der Waals surface area contributed by atoms with Crippen LogP contribution in [0.1, 0.15) is 28.7 Å². The number of hydrogen-bond donors (Lipinski definition) is 1. The van der Waals surface area contributed by atoms with E-state index in [9.17, 15) is 26.4 Å². The Labute approximate surface area is 149 Å². The van der Waals surface area contributed by atoms with Crippen molar-refractivity contribution >= 4 is 16.1 Å². The van der Waals surface area contributed by atoms with Crippen LogP contribution in [0.5, 0.6) is 5.75 Å². The normalized spacial score (nSPS) is 11.8. The van der Waals surface area contributed by atoms with E-state index < -0.39 is 27.3 Å². The number of rotatable bonds is 9. The number of benzene rings is 1. The number of carbonyl (C=O) groups is 1. The highest BCUT2D eigenvalue weighted by atomic mass is 32.2. The highest BCUT2D eigenvalue weighted by Gasteiger charge is 2.49. The summed E-state index contributed by atoms with van der Waals surface area (Å²) in [5, 5.41) is 8.85. The van der Waals surface area contributed by atoms with E-state index in [4.69, 9.17) is 5.11 Å². The molecular formula is C17H19F3O5S. The van der Waals surface area contributed by atoms with E-state index in [1.165, 1.54) is 18.2 Å². The number of halogens is 3. The van der Waals surface area contributed by atoms with Gasteiger partial charge in [0, 0.05) is 17.5 Å². The largest absolute Gasteiger partial charge is 0.534 e. The predicted molar refractivity (Wildman–Crippen MR) is 90.5 cm³/mol. The molecule has 0 heterocycles. The summed E-state index contributed by atoms with van der Waals surface area (Å²) in [5.74, 6) is -1.45. The van der Waals surface area contributed by atoms with Crippen molar-refractivity contribution < 1.29 is 35.7 Å². The maximum atomic E-state index is 12.7. The van der Waals surface area contributed by atoms with Gasteiger partial charge in [-0.05, 0) is 37.3 Å². The highest BCUT2D eigenvalue weighted by molar-refractivity contribution is 7.88. The molecule has 0 saturated carbocycles. The summed E-state index contributed by atoms with van der Waals surface area (Å²) in [7, 11) is -5.85. The molecule has 0 saturated heterocycles. The van der Waals surface area contributed by atoms with Crippen molar-refractivity contribution in [3.63, 3.8) is 0 Å². The summed E-state index contributed by atoms with van der Waals surface area (Å²) in [6.45, 7) is 8.59. The molecule has 5 nitrogen and oxygen atoms in total. The Hall–Kier alpha value is -2.29. The van der Waals surface area contributed by atoms with Gasteiger partial charge in [0.2, 0.25) is 0 Å². The second-order valence-electron chi connectivity index (χ2n) is 5.49. The Morgan fingerprint density at radius 3 is 2.27 bits per heavy atom. The smallest absolute Gasteiger partial charge is 0.481 e. The molecule has 26 heavy (non-hydrogen) atoms. The molecule has 0 aliphatic rings. The average Bonchev–Trinajstić information content (AvgIpc) is 2.50. The first kappa shape index (κ1) is 21.8. The molecular weight excluding hydrogens is 373 g/mol. The Bertz CT molecular complexity index is 811. The summed E-state index contributed by atoms with van der Waals surface area (Å²) in [4.78, 5) is 10.8. The SMILES string of the molecule is C=CCc1cc(CCC(=O)O)c(C)c(CC=C)c1OS(=O)(=O)C(F)(F)F. The van der Waals surface area contributed by atoms with Gasteiger partial charge in [0.1, 0.15) is 5.75 Å².